The molecule has 0 aromatic heterocycles. The number of esters is 2. The number of hydrogen-bond donors (Lipinski definition) is 1. The number of carbonyl (C=O) groups is 2. The zero-order valence-corrected chi connectivity index (χ0v) is 13.8. The lowest BCUT2D eigenvalue weighted by atomic mass is 10.1. The highest BCUT2D eigenvalue weighted by Gasteiger charge is 2.18. The number of carbonyl (C=O) groups excluding carboxylic acids is 2. The highest BCUT2D eigenvalue weighted by atomic mass is 16.5. The number of ether oxygens (including phenoxy) is 4. The lowest BCUT2D eigenvalue weighted by molar-refractivity contribution is -0.138. The van der Waals surface area contributed by atoms with Gasteiger partial charge in [0, 0.05) is 18.3 Å². The van der Waals surface area contributed by atoms with Crippen LogP contribution >= 0.6 is 0 Å². The number of nitrogens with zero attached hydrogens (tertiary/aromatic N) is 1. The number of anilines is 1. The lowest BCUT2D eigenvalue weighted by Crippen LogP contribution is -2.10. The minimum absolute atomic E-state index is 0.140. The molecule has 0 aliphatic carbocycles. The molecule has 1 N–H and O–H groups in total. The van der Waals surface area contributed by atoms with E-state index in [1.807, 2.05) is 0 Å². The van der Waals surface area contributed by atoms with E-state index >= 15 is 0 Å². The Morgan fingerprint density at radius 3 is 2.33 bits per heavy atom. The number of rotatable bonds is 7. The second kappa shape index (κ2) is 9.05. The Kier molecular flexibility index (Phi) is 7.10. The van der Waals surface area contributed by atoms with Gasteiger partial charge in [0.2, 0.25) is 0 Å². The number of nitriles is 1. The fourth-order valence-corrected chi connectivity index (χ4v) is 1.77. The van der Waals surface area contributed by atoms with E-state index in [0.717, 1.165) is 6.20 Å². The molecule has 0 fully saturated rings. The van der Waals surface area contributed by atoms with Gasteiger partial charge in [-0.15, -0.1) is 0 Å². The van der Waals surface area contributed by atoms with Crippen molar-refractivity contribution in [3.63, 3.8) is 0 Å². The van der Waals surface area contributed by atoms with Gasteiger partial charge in [-0.25, -0.2) is 9.59 Å². The zero-order valence-electron chi connectivity index (χ0n) is 13.8. The van der Waals surface area contributed by atoms with Crippen LogP contribution in [-0.4, -0.2) is 39.9 Å². The predicted molar refractivity (Wildman–Crippen MR) is 84.8 cm³/mol. The normalized spacial score (nSPS) is 10.4. The molecule has 0 spiro atoms. The maximum atomic E-state index is 11.9. The smallest absolute Gasteiger partial charge is 0.350 e. The summed E-state index contributed by atoms with van der Waals surface area (Å²) in [5, 5.41) is 11.7. The van der Waals surface area contributed by atoms with E-state index in [2.05, 4.69) is 5.32 Å². The Hall–Kier alpha value is -3.21. The third-order valence-electron chi connectivity index (χ3n) is 2.92. The summed E-state index contributed by atoms with van der Waals surface area (Å²) in [7, 11) is 4.10. The maximum Gasteiger partial charge on any atom is 0.350 e. The standard InChI is InChI=1S/C16H18N2O6/c1-5-24-15(19)10(8-17)9-18-12-7-14(22-3)13(21-2)6-11(12)16(20)23-4/h6-7,9,18H,5H2,1-4H3/b10-9+. The van der Waals surface area contributed by atoms with E-state index < -0.39 is 11.9 Å². The van der Waals surface area contributed by atoms with Crippen LogP contribution in [0.15, 0.2) is 23.9 Å². The lowest BCUT2D eigenvalue weighted by Gasteiger charge is -2.13. The summed E-state index contributed by atoms with van der Waals surface area (Å²) in [6, 6.07) is 4.64. The van der Waals surface area contributed by atoms with Crippen LogP contribution in [0, 0.1) is 11.3 Å². The van der Waals surface area contributed by atoms with Crippen LogP contribution in [0.5, 0.6) is 11.5 Å². The van der Waals surface area contributed by atoms with Crippen LogP contribution in [0.25, 0.3) is 0 Å². The van der Waals surface area contributed by atoms with Crippen molar-refractivity contribution in [3.8, 4) is 17.6 Å². The van der Waals surface area contributed by atoms with E-state index in [1.54, 1.807) is 13.0 Å². The highest BCUT2D eigenvalue weighted by Crippen LogP contribution is 2.33. The summed E-state index contributed by atoms with van der Waals surface area (Å²) >= 11 is 0. The molecule has 0 saturated carbocycles. The quantitative estimate of drug-likeness (QED) is 0.457. The number of benzene rings is 1. The van der Waals surface area contributed by atoms with Crippen molar-refractivity contribution in [2.75, 3.05) is 33.3 Å². The molecule has 0 unspecified atom stereocenters. The molecular weight excluding hydrogens is 316 g/mol. The number of nitrogens with one attached hydrogen (secondary N) is 1. The van der Waals surface area contributed by atoms with Crippen molar-refractivity contribution in [1.29, 1.82) is 5.26 Å². The van der Waals surface area contributed by atoms with Crippen molar-refractivity contribution in [3.05, 3.63) is 29.5 Å². The molecule has 0 bridgehead atoms. The minimum atomic E-state index is -0.771. The van der Waals surface area contributed by atoms with Crippen LogP contribution in [0.1, 0.15) is 17.3 Å². The third kappa shape index (κ3) is 4.39. The molecule has 0 atom stereocenters. The average molecular weight is 334 g/mol. The highest BCUT2D eigenvalue weighted by molar-refractivity contribution is 5.98. The van der Waals surface area contributed by atoms with Gasteiger partial charge in [0.25, 0.3) is 0 Å². The van der Waals surface area contributed by atoms with Crippen molar-refractivity contribution in [1.82, 2.24) is 0 Å². The summed E-state index contributed by atoms with van der Waals surface area (Å²) < 4.78 is 19.8. The van der Waals surface area contributed by atoms with E-state index in [4.69, 9.17) is 24.2 Å². The van der Waals surface area contributed by atoms with Crippen LogP contribution < -0.4 is 14.8 Å². The van der Waals surface area contributed by atoms with Crippen LogP contribution in [0.3, 0.4) is 0 Å². The summed E-state index contributed by atoms with van der Waals surface area (Å²) in [5.74, 6) is -0.705. The first-order valence-corrected chi connectivity index (χ1v) is 6.90. The molecule has 0 radical (unpaired) electrons. The summed E-state index contributed by atoms with van der Waals surface area (Å²) in [5.41, 5.74) is 0.173. The summed E-state index contributed by atoms with van der Waals surface area (Å²) in [4.78, 5) is 23.5. The number of hydrogen-bond acceptors (Lipinski definition) is 8. The van der Waals surface area contributed by atoms with Gasteiger partial charge in [-0.3, -0.25) is 0 Å². The van der Waals surface area contributed by atoms with Crippen molar-refractivity contribution < 1.29 is 28.5 Å². The van der Waals surface area contributed by atoms with Gasteiger partial charge in [-0.2, -0.15) is 5.26 Å². The fourth-order valence-electron chi connectivity index (χ4n) is 1.77. The minimum Gasteiger partial charge on any atom is -0.493 e. The van der Waals surface area contributed by atoms with Gasteiger partial charge < -0.3 is 24.3 Å². The molecular formula is C16H18N2O6. The van der Waals surface area contributed by atoms with Crippen LogP contribution in [0.2, 0.25) is 0 Å². The van der Waals surface area contributed by atoms with Crippen molar-refractivity contribution in [2.45, 2.75) is 6.92 Å². The SMILES string of the molecule is CCOC(=O)/C(C#N)=C/Nc1cc(OC)c(OC)cc1C(=O)OC. The molecule has 1 aromatic carbocycles. The van der Waals surface area contributed by atoms with E-state index in [0.29, 0.717) is 11.5 Å². The summed E-state index contributed by atoms with van der Waals surface area (Å²) in [6.07, 6.45) is 1.14. The van der Waals surface area contributed by atoms with Gasteiger partial charge >= 0.3 is 11.9 Å². The molecule has 1 aromatic rings. The molecule has 8 nitrogen and oxygen atoms in total. The average Bonchev–Trinajstić information content (AvgIpc) is 2.61. The molecule has 0 saturated heterocycles. The Morgan fingerprint density at radius 1 is 1.21 bits per heavy atom. The third-order valence-corrected chi connectivity index (χ3v) is 2.92. The molecule has 0 heterocycles. The van der Waals surface area contributed by atoms with E-state index in [9.17, 15) is 9.59 Å². The van der Waals surface area contributed by atoms with E-state index in [-0.39, 0.29) is 23.4 Å². The Bertz CT molecular complexity index is 691. The zero-order chi connectivity index (χ0) is 18.1. The fraction of sp³-hybridized carbons (Fsp3) is 0.312. The van der Waals surface area contributed by atoms with Crippen LogP contribution in [-0.2, 0) is 14.3 Å². The summed E-state index contributed by atoms with van der Waals surface area (Å²) in [6.45, 7) is 1.77. The van der Waals surface area contributed by atoms with Gasteiger partial charge in [0.15, 0.2) is 17.1 Å². The molecule has 8 heteroatoms. The molecule has 0 amide bonds. The largest absolute Gasteiger partial charge is 0.493 e. The molecule has 0 aliphatic heterocycles. The van der Waals surface area contributed by atoms with Crippen molar-refractivity contribution in [2.24, 2.45) is 0 Å². The Morgan fingerprint density at radius 2 is 1.83 bits per heavy atom. The second-order valence-corrected chi connectivity index (χ2v) is 4.28. The first-order chi connectivity index (χ1) is 11.5. The second-order valence-electron chi connectivity index (χ2n) is 4.28. The first-order valence-electron chi connectivity index (χ1n) is 6.90. The predicted octanol–water partition coefficient (Wildman–Crippen LogP) is 1.87. The molecule has 1 rings (SSSR count). The molecule has 24 heavy (non-hydrogen) atoms. The topological polar surface area (TPSA) is 107 Å². The molecule has 0 aliphatic rings. The Labute approximate surface area is 139 Å². The monoisotopic (exact) mass is 334 g/mol. The maximum absolute atomic E-state index is 11.9. The first kappa shape index (κ1) is 18.8. The Balaban J connectivity index is 3.28. The van der Waals surface area contributed by atoms with E-state index in [1.165, 1.54) is 33.5 Å². The van der Waals surface area contributed by atoms with Gasteiger partial charge in [0.05, 0.1) is 39.2 Å². The van der Waals surface area contributed by atoms with Crippen LogP contribution in [0.4, 0.5) is 5.69 Å². The van der Waals surface area contributed by atoms with Gasteiger partial charge in [0.1, 0.15) is 6.07 Å². The number of methoxy groups -OCH3 is 3. The van der Waals surface area contributed by atoms with Gasteiger partial charge in [-0.05, 0) is 6.92 Å². The van der Waals surface area contributed by atoms with Gasteiger partial charge in [-0.1, -0.05) is 0 Å². The molecule has 128 valence electrons. The van der Waals surface area contributed by atoms with Crippen molar-refractivity contribution >= 4 is 17.6 Å².